The van der Waals surface area contributed by atoms with Crippen molar-refractivity contribution in [3.8, 4) is 22.9 Å². The number of nitrogens with one attached hydrogen (secondary N) is 3. The van der Waals surface area contributed by atoms with Gasteiger partial charge >= 0.3 is 0 Å². The highest BCUT2D eigenvalue weighted by Crippen LogP contribution is 2.35. The predicted octanol–water partition coefficient (Wildman–Crippen LogP) is 4.82. The second kappa shape index (κ2) is 13.2. The van der Waals surface area contributed by atoms with Crippen molar-refractivity contribution < 1.29 is 22.7 Å². The number of H-pyrrole nitrogens is 1. The quantitative estimate of drug-likeness (QED) is 0.240. The Balaban J connectivity index is 1.19. The number of nitrogens with zero attached hydrogens (tertiary/aromatic N) is 3. The van der Waals surface area contributed by atoms with Crippen molar-refractivity contribution in [1.82, 2.24) is 25.2 Å². The lowest BCUT2D eigenvalue weighted by molar-refractivity contribution is 0.0471. The standard InChI is InChI=1S/C37H38N6O6S/c1-23-6-4-7-24(2)33(23)31-19-32-41-36(40-31)42-50(46,47)29-9-5-8-26(17-29)34(44)38-21-37(22-49-32)12-14-43(15-13-37)20-27-16-25-10-11-28(48-3)18-30(25)39-35(27)45/h4-11,16-19H,12-15,20-22H2,1-3H3,(H,38,44)(H,39,45)(H,40,41,42). The second-order valence-electron chi connectivity index (χ2n) is 13.1. The third-order valence-corrected chi connectivity index (χ3v) is 11.0. The van der Waals surface area contributed by atoms with Gasteiger partial charge in [-0.25, -0.2) is 18.1 Å². The van der Waals surface area contributed by atoms with E-state index in [1.165, 1.54) is 18.2 Å². The van der Waals surface area contributed by atoms with Crippen molar-refractivity contribution in [3.05, 3.63) is 105 Å². The molecule has 0 saturated carbocycles. The average Bonchev–Trinajstić information content (AvgIpc) is 3.10. The molecule has 3 aromatic carbocycles. The topological polar surface area (TPSA) is 156 Å². The zero-order chi connectivity index (χ0) is 35.0. The summed E-state index contributed by atoms with van der Waals surface area (Å²) in [5, 5.41) is 3.97. The maximum Gasteiger partial charge on any atom is 0.264 e. The molecule has 50 heavy (non-hydrogen) atoms. The summed E-state index contributed by atoms with van der Waals surface area (Å²) in [5.74, 6) is 0.379. The van der Waals surface area contributed by atoms with Crippen LogP contribution in [-0.2, 0) is 16.6 Å². The number of aromatic amines is 1. The van der Waals surface area contributed by atoms with E-state index in [1.54, 1.807) is 19.2 Å². The summed E-state index contributed by atoms with van der Waals surface area (Å²) in [6, 6.07) is 21.1. The van der Waals surface area contributed by atoms with Gasteiger partial charge in [-0.05, 0) is 92.7 Å². The molecule has 0 atom stereocenters. The molecule has 2 aliphatic rings. The van der Waals surface area contributed by atoms with Gasteiger partial charge in [0.1, 0.15) is 5.75 Å². The predicted molar refractivity (Wildman–Crippen MR) is 190 cm³/mol. The molecule has 4 bridgehead atoms. The van der Waals surface area contributed by atoms with Crippen LogP contribution in [-0.4, -0.2) is 67.5 Å². The van der Waals surface area contributed by atoms with Crippen LogP contribution in [0.1, 0.15) is 39.9 Å². The molecule has 13 heteroatoms. The number of fused-ring (bicyclic) bond motifs is 5. The number of piperidine rings is 1. The maximum absolute atomic E-state index is 13.5. The molecule has 12 nitrogen and oxygen atoms in total. The minimum atomic E-state index is -4.13. The van der Waals surface area contributed by atoms with Crippen molar-refractivity contribution in [2.75, 3.05) is 38.1 Å². The summed E-state index contributed by atoms with van der Waals surface area (Å²) in [7, 11) is -2.54. The van der Waals surface area contributed by atoms with Crippen molar-refractivity contribution in [2.45, 2.75) is 38.1 Å². The van der Waals surface area contributed by atoms with Crippen LogP contribution in [0.2, 0.25) is 0 Å². The molecule has 0 radical (unpaired) electrons. The molecule has 2 aromatic heterocycles. The van der Waals surface area contributed by atoms with Gasteiger partial charge in [0.2, 0.25) is 11.8 Å². The molecule has 7 rings (SSSR count). The number of anilines is 1. The lowest BCUT2D eigenvalue weighted by Gasteiger charge is -2.41. The Hall–Kier alpha value is -5.27. The lowest BCUT2D eigenvalue weighted by Crippen LogP contribution is -2.49. The van der Waals surface area contributed by atoms with Gasteiger partial charge < -0.3 is 19.8 Å². The van der Waals surface area contributed by atoms with E-state index in [4.69, 9.17) is 9.47 Å². The van der Waals surface area contributed by atoms with Crippen LogP contribution in [0, 0.1) is 19.3 Å². The molecule has 5 aromatic rings. The average molecular weight is 695 g/mol. The first-order valence-corrected chi connectivity index (χ1v) is 17.9. The van der Waals surface area contributed by atoms with Crippen molar-refractivity contribution in [1.29, 1.82) is 0 Å². The number of benzene rings is 3. The summed E-state index contributed by atoms with van der Waals surface area (Å²) < 4.78 is 41.1. The number of aromatic nitrogens is 3. The van der Waals surface area contributed by atoms with Crippen molar-refractivity contribution >= 4 is 32.8 Å². The Labute approximate surface area is 289 Å². The van der Waals surface area contributed by atoms with E-state index in [-0.39, 0.29) is 40.4 Å². The number of methoxy groups -OCH3 is 1. The van der Waals surface area contributed by atoms with E-state index < -0.39 is 15.4 Å². The number of ether oxygens (including phenoxy) is 2. The highest BCUT2D eigenvalue weighted by atomic mass is 32.2. The Morgan fingerprint density at radius 1 is 0.940 bits per heavy atom. The van der Waals surface area contributed by atoms with Gasteiger partial charge in [0.15, 0.2) is 0 Å². The summed E-state index contributed by atoms with van der Waals surface area (Å²) in [6.07, 6.45) is 1.34. The molecule has 4 heterocycles. The molecule has 3 N–H and O–H groups in total. The van der Waals surface area contributed by atoms with Gasteiger partial charge in [-0.15, -0.1) is 0 Å². The molecule has 1 amide bonds. The van der Waals surface area contributed by atoms with Crippen LogP contribution in [0.15, 0.2) is 82.5 Å². The summed E-state index contributed by atoms with van der Waals surface area (Å²) >= 11 is 0. The van der Waals surface area contributed by atoms with Gasteiger partial charge in [-0.3, -0.25) is 14.5 Å². The van der Waals surface area contributed by atoms with Gasteiger partial charge in [0.05, 0.1) is 29.8 Å². The highest BCUT2D eigenvalue weighted by Gasteiger charge is 2.37. The molecule has 0 aliphatic carbocycles. The van der Waals surface area contributed by atoms with Crippen molar-refractivity contribution in [2.24, 2.45) is 5.41 Å². The molecule has 1 saturated heterocycles. The number of aryl methyl sites for hydroxylation is 2. The first kappa shape index (κ1) is 33.2. The van der Waals surface area contributed by atoms with Crippen LogP contribution in [0.4, 0.5) is 5.95 Å². The lowest BCUT2D eigenvalue weighted by atomic mass is 9.78. The normalized spacial score (nSPS) is 17.3. The minimum Gasteiger partial charge on any atom is -0.497 e. The molecule has 1 spiro atoms. The molecular weight excluding hydrogens is 657 g/mol. The Bertz CT molecular complexity index is 2260. The summed E-state index contributed by atoms with van der Waals surface area (Å²) in [5.41, 5.74) is 4.34. The zero-order valence-electron chi connectivity index (χ0n) is 28.1. The monoisotopic (exact) mass is 694 g/mol. The van der Waals surface area contributed by atoms with Crippen LogP contribution < -0.4 is 25.1 Å². The fourth-order valence-electron chi connectivity index (χ4n) is 6.74. The van der Waals surface area contributed by atoms with E-state index in [0.717, 1.165) is 27.6 Å². The number of likely N-dealkylation sites (tertiary alicyclic amines) is 1. The number of carbonyl (C=O) groups excluding carboxylic acids is 1. The van der Waals surface area contributed by atoms with E-state index in [1.807, 2.05) is 56.3 Å². The minimum absolute atomic E-state index is 0.0865. The Morgan fingerprint density at radius 2 is 1.70 bits per heavy atom. The third kappa shape index (κ3) is 6.78. The number of amides is 1. The van der Waals surface area contributed by atoms with Gasteiger partial charge in [-0.2, -0.15) is 4.98 Å². The Kier molecular flexibility index (Phi) is 8.78. The van der Waals surface area contributed by atoms with E-state index in [9.17, 15) is 18.0 Å². The SMILES string of the molecule is COc1ccc2cc(CN3CCC4(CC3)CNC(=O)c3cccc(c3)S(=O)(=O)Nc3nc(cc(-c5c(C)cccc5C)n3)OC4)c(=O)[nH]c2c1. The van der Waals surface area contributed by atoms with Crippen LogP contribution in [0.3, 0.4) is 0 Å². The van der Waals surface area contributed by atoms with E-state index >= 15 is 0 Å². The number of hydrogen-bond donors (Lipinski definition) is 3. The van der Waals surface area contributed by atoms with E-state index in [0.29, 0.717) is 56.0 Å². The Morgan fingerprint density at radius 3 is 2.46 bits per heavy atom. The number of hydrogen-bond acceptors (Lipinski definition) is 9. The third-order valence-electron chi connectivity index (χ3n) is 9.66. The fourth-order valence-corrected chi connectivity index (χ4v) is 7.73. The molecule has 258 valence electrons. The number of carbonyl (C=O) groups is 1. The molecular formula is C37H38N6O6S. The highest BCUT2D eigenvalue weighted by molar-refractivity contribution is 7.92. The zero-order valence-corrected chi connectivity index (χ0v) is 28.9. The fraction of sp³-hybridized carbons (Fsp3) is 0.297. The van der Waals surface area contributed by atoms with Gasteiger partial charge in [0.25, 0.3) is 21.5 Å². The number of rotatable bonds is 4. The summed E-state index contributed by atoms with van der Waals surface area (Å²) in [4.78, 5) is 40.6. The molecule has 2 aliphatic heterocycles. The van der Waals surface area contributed by atoms with Gasteiger partial charge in [-0.1, -0.05) is 24.3 Å². The maximum atomic E-state index is 13.5. The first-order valence-electron chi connectivity index (χ1n) is 16.4. The van der Waals surface area contributed by atoms with Crippen LogP contribution >= 0.6 is 0 Å². The number of sulfonamides is 1. The largest absolute Gasteiger partial charge is 0.497 e. The van der Waals surface area contributed by atoms with Crippen LogP contribution in [0.5, 0.6) is 11.6 Å². The van der Waals surface area contributed by atoms with Gasteiger partial charge in [0, 0.05) is 47.3 Å². The molecule has 0 unspecified atom stereocenters. The number of pyridine rings is 1. The van der Waals surface area contributed by atoms with E-state index in [2.05, 4.69) is 29.9 Å². The van der Waals surface area contributed by atoms with Crippen molar-refractivity contribution in [3.63, 3.8) is 0 Å². The smallest absolute Gasteiger partial charge is 0.264 e. The molecule has 1 fully saturated rings. The first-order chi connectivity index (χ1) is 24.0. The summed E-state index contributed by atoms with van der Waals surface area (Å²) in [6.45, 7) is 6.27. The second-order valence-corrected chi connectivity index (χ2v) is 14.8. The van der Waals surface area contributed by atoms with Crippen LogP contribution in [0.25, 0.3) is 22.2 Å².